The predicted octanol–water partition coefficient (Wildman–Crippen LogP) is 5.34. The van der Waals surface area contributed by atoms with E-state index in [1.54, 1.807) is 19.1 Å². The predicted molar refractivity (Wildman–Crippen MR) is 99.5 cm³/mol. The molecule has 5 nitrogen and oxygen atoms in total. The highest BCUT2D eigenvalue weighted by Gasteiger charge is 2.35. The van der Waals surface area contributed by atoms with Crippen molar-refractivity contribution in [2.24, 2.45) is 0 Å². The number of alkyl halides is 3. The van der Waals surface area contributed by atoms with Crippen LogP contribution in [0.25, 0.3) is 28.4 Å². The smallest absolute Gasteiger partial charge is 0.419 e. The van der Waals surface area contributed by atoms with Crippen molar-refractivity contribution in [1.82, 2.24) is 15.0 Å². The molecule has 1 aromatic carbocycles. The second-order valence-corrected chi connectivity index (χ2v) is 5.94. The van der Waals surface area contributed by atoms with Crippen LogP contribution in [0.3, 0.4) is 0 Å². The Morgan fingerprint density at radius 2 is 2.00 bits per heavy atom. The molecule has 28 heavy (non-hydrogen) atoms. The van der Waals surface area contributed by atoms with Crippen molar-refractivity contribution in [2.75, 3.05) is 6.61 Å². The summed E-state index contributed by atoms with van der Waals surface area (Å²) in [5, 5.41) is 9.41. The Bertz CT molecular complexity index is 1080. The summed E-state index contributed by atoms with van der Waals surface area (Å²) in [6, 6.07) is 7.28. The molecule has 0 saturated carbocycles. The number of pyridine rings is 1. The van der Waals surface area contributed by atoms with E-state index in [0.29, 0.717) is 16.9 Å². The van der Waals surface area contributed by atoms with Crippen molar-refractivity contribution in [3.05, 3.63) is 47.4 Å². The van der Waals surface area contributed by atoms with E-state index < -0.39 is 11.7 Å². The number of nitrogens with one attached hydrogen (secondary N) is 1. The number of aromatic amines is 1. The van der Waals surface area contributed by atoms with Crippen LogP contribution in [0.1, 0.15) is 37.4 Å². The number of hydrogen-bond acceptors (Lipinski definition) is 4. The average Bonchev–Trinajstić information content (AvgIpc) is 3.08. The molecule has 0 spiro atoms. The molecule has 0 fully saturated rings. The van der Waals surface area contributed by atoms with Crippen LogP contribution in [0.15, 0.2) is 30.3 Å². The second-order valence-electron chi connectivity index (χ2n) is 5.94. The highest BCUT2D eigenvalue weighted by molar-refractivity contribution is 5.85. The fourth-order valence-corrected chi connectivity index (χ4v) is 2.76. The van der Waals surface area contributed by atoms with E-state index >= 15 is 0 Å². The third-order valence-corrected chi connectivity index (χ3v) is 3.99. The Kier molecular flexibility index (Phi) is 5.36. The first kappa shape index (κ1) is 19.4. The van der Waals surface area contributed by atoms with E-state index in [4.69, 9.17) is 4.74 Å². The molecule has 0 unspecified atom stereocenters. The van der Waals surface area contributed by atoms with Gasteiger partial charge in [0, 0.05) is 5.56 Å². The van der Waals surface area contributed by atoms with Crippen molar-refractivity contribution in [1.29, 1.82) is 5.26 Å². The molecular formula is C20H17F3N4O. The number of ether oxygens (including phenoxy) is 1. The minimum absolute atomic E-state index is 0.0438. The number of fused-ring (bicyclic) bond motifs is 1. The summed E-state index contributed by atoms with van der Waals surface area (Å²) < 4.78 is 45.3. The van der Waals surface area contributed by atoms with Crippen LogP contribution in [0.2, 0.25) is 0 Å². The lowest BCUT2D eigenvalue weighted by molar-refractivity contribution is -0.138. The number of nitrogens with zero attached hydrogens (tertiary/aromatic N) is 3. The van der Waals surface area contributed by atoms with Gasteiger partial charge in [0.25, 0.3) is 0 Å². The van der Waals surface area contributed by atoms with Crippen LogP contribution < -0.4 is 4.74 Å². The molecule has 3 rings (SSSR count). The Balaban J connectivity index is 2.15. The maximum absolute atomic E-state index is 13.4. The zero-order chi connectivity index (χ0) is 20.3. The number of hydrogen-bond donors (Lipinski definition) is 1. The molecule has 0 aliphatic rings. The lowest BCUT2D eigenvalue weighted by Gasteiger charge is -2.14. The fourth-order valence-electron chi connectivity index (χ4n) is 2.76. The summed E-state index contributed by atoms with van der Waals surface area (Å²) in [6.45, 7) is 3.71. The summed E-state index contributed by atoms with van der Waals surface area (Å²) in [5.41, 5.74) is 0.538. The van der Waals surface area contributed by atoms with E-state index in [0.717, 1.165) is 12.5 Å². The summed E-state index contributed by atoms with van der Waals surface area (Å²) in [7, 11) is 0. The number of aromatic nitrogens is 3. The van der Waals surface area contributed by atoms with Gasteiger partial charge in [0.15, 0.2) is 5.69 Å². The molecular weight excluding hydrogens is 369 g/mol. The first-order chi connectivity index (χ1) is 13.4. The van der Waals surface area contributed by atoms with Crippen LogP contribution in [0.4, 0.5) is 13.2 Å². The minimum atomic E-state index is -4.57. The van der Waals surface area contributed by atoms with Crippen LogP contribution in [-0.4, -0.2) is 21.6 Å². The first-order valence-corrected chi connectivity index (χ1v) is 8.69. The zero-order valence-electron chi connectivity index (χ0n) is 15.3. The maximum atomic E-state index is 13.4. The molecule has 144 valence electrons. The van der Waals surface area contributed by atoms with Gasteiger partial charge in [0.1, 0.15) is 23.2 Å². The number of halogens is 3. The first-order valence-electron chi connectivity index (χ1n) is 8.69. The molecule has 0 bridgehead atoms. The topological polar surface area (TPSA) is 74.6 Å². The molecule has 2 aromatic heterocycles. The normalized spacial score (nSPS) is 11.9. The molecule has 0 radical (unpaired) electrons. The quantitative estimate of drug-likeness (QED) is 0.642. The molecule has 0 aliphatic heterocycles. The van der Waals surface area contributed by atoms with Crippen LogP contribution in [0, 0.1) is 11.3 Å². The number of rotatable bonds is 5. The molecule has 0 atom stereocenters. The van der Waals surface area contributed by atoms with Crippen LogP contribution in [-0.2, 0) is 6.18 Å². The molecule has 2 heterocycles. The van der Waals surface area contributed by atoms with Crippen molar-refractivity contribution >= 4 is 17.1 Å². The summed E-state index contributed by atoms with van der Waals surface area (Å²) in [5.74, 6) is 0.309. The van der Waals surface area contributed by atoms with Gasteiger partial charge >= 0.3 is 6.18 Å². The SMILES string of the molecule is CC/C=C/c1nc2c(C#N)nc(-c3ccc(OCC)c(C(F)(F)F)c3)cc2[nH]1. The number of nitriles is 1. The number of benzene rings is 1. The Morgan fingerprint density at radius 3 is 2.64 bits per heavy atom. The van der Waals surface area contributed by atoms with Gasteiger partial charge in [-0.3, -0.25) is 0 Å². The highest BCUT2D eigenvalue weighted by atomic mass is 19.4. The Hall–Kier alpha value is -3.34. The van der Waals surface area contributed by atoms with E-state index in [2.05, 4.69) is 15.0 Å². The van der Waals surface area contributed by atoms with E-state index in [1.165, 1.54) is 12.1 Å². The molecule has 0 aliphatic carbocycles. The monoisotopic (exact) mass is 386 g/mol. The summed E-state index contributed by atoms with van der Waals surface area (Å²) in [4.78, 5) is 11.6. The van der Waals surface area contributed by atoms with Gasteiger partial charge in [-0.25, -0.2) is 9.97 Å². The van der Waals surface area contributed by atoms with Gasteiger partial charge in [-0.1, -0.05) is 13.0 Å². The van der Waals surface area contributed by atoms with Gasteiger partial charge in [-0.15, -0.1) is 0 Å². The Labute approximate surface area is 159 Å². The van der Waals surface area contributed by atoms with E-state index in [-0.39, 0.29) is 29.3 Å². The molecule has 8 heteroatoms. The minimum Gasteiger partial charge on any atom is -0.493 e. The average molecular weight is 386 g/mol. The zero-order valence-corrected chi connectivity index (χ0v) is 15.3. The van der Waals surface area contributed by atoms with Crippen LogP contribution >= 0.6 is 0 Å². The van der Waals surface area contributed by atoms with E-state index in [1.807, 2.05) is 19.1 Å². The summed E-state index contributed by atoms with van der Waals surface area (Å²) >= 11 is 0. The Morgan fingerprint density at radius 1 is 1.21 bits per heavy atom. The standard InChI is InChI=1S/C20H17F3N4O/c1-3-5-6-18-26-15-10-14(25-16(11-24)19(15)27-18)12-7-8-17(28-4-2)13(9-12)20(21,22)23/h5-10H,3-4H2,1-2H3,(H,26,27)/b6-5+. The van der Waals surface area contributed by atoms with Crippen molar-refractivity contribution < 1.29 is 17.9 Å². The van der Waals surface area contributed by atoms with Gasteiger partial charge < -0.3 is 9.72 Å². The van der Waals surface area contributed by atoms with Gasteiger partial charge in [0.2, 0.25) is 0 Å². The largest absolute Gasteiger partial charge is 0.493 e. The van der Waals surface area contributed by atoms with Crippen molar-refractivity contribution in [2.45, 2.75) is 26.4 Å². The van der Waals surface area contributed by atoms with Gasteiger partial charge in [0.05, 0.1) is 23.4 Å². The maximum Gasteiger partial charge on any atom is 0.419 e. The molecule has 0 saturated heterocycles. The summed E-state index contributed by atoms with van der Waals surface area (Å²) in [6.07, 6.45) is -0.0769. The fraction of sp³-hybridized carbons (Fsp3) is 0.250. The van der Waals surface area contributed by atoms with Gasteiger partial charge in [-0.05, 0) is 43.7 Å². The van der Waals surface area contributed by atoms with Crippen molar-refractivity contribution in [3.8, 4) is 23.1 Å². The lowest BCUT2D eigenvalue weighted by Crippen LogP contribution is -2.09. The second kappa shape index (κ2) is 7.72. The lowest BCUT2D eigenvalue weighted by atomic mass is 10.1. The number of allylic oxidation sites excluding steroid dienone is 1. The molecule has 3 aromatic rings. The number of H-pyrrole nitrogens is 1. The third kappa shape index (κ3) is 3.83. The highest BCUT2D eigenvalue weighted by Crippen LogP contribution is 2.39. The third-order valence-electron chi connectivity index (χ3n) is 3.99. The van der Waals surface area contributed by atoms with E-state index in [9.17, 15) is 18.4 Å². The van der Waals surface area contributed by atoms with Crippen LogP contribution in [0.5, 0.6) is 5.75 Å². The molecule has 1 N–H and O–H groups in total. The van der Waals surface area contributed by atoms with Gasteiger partial charge in [-0.2, -0.15) is 18.4 Å². The molecule has 0 amide bonds. The van der Waals surface area contributed by atoms with Crippen molar-refractivity contribution in [3.63, 3.8) is 0 Å². The number of imidazole rings is 1.